The third-order valence-corrected chi connectivity index (χ3v) is 23.5. The number of fused-ring (bicyclic) bond motifs is 6. The number of carbonyl (C=O) groups is 8. The number of aliphatic hydroxyl groups is 1. The Hall–Kier alpha value is -10.1. The summed E-state index contributed by atoms with van der Waals surface area (Å²) in [7, 11) is 3.05. The maximum atomic E-state index is 14.2. The molecule has 12 atom stereocenters. The van der Waals surface area contributed by atoms with Crippen molar-refractivity contribution in [2.75, 3.05) is 135 Å². The topological polar surface area (TPSA) is 491 Å². The number of nitrogens with one attached hydrogen (secondary N) is 7. The first kappa shape index (κ1) is 97.5. The van der Waals surface area contributed by atoms with E-state index in [1.54, 1.807) is 92.6 Å². The zero-order valence-corrected chi connectivity index (χ0v) is 73.9. The molecular weight excluding hydrogens is 1740 g/mol. The molecule has 8 amide bonds. The van der Waals surface area contributed by atoms with Crippen LogP contribution in [-0.2, 0) is 126 Å². The second-order valence-corrected chi connectivity index (χ2v) is 35.6. The lowest BCUT2D eigenvalue weighted by Crippen LogP contribution is -2.55. The maximum Gasteiger partial charge on any atom is 0.410 e. The Balaban J connectivity index is 0.633. The fourth-order valence-corrected chi connectivity index (χ4v) is 16.7. The van der Waals surface area contributed by atoms with E-state index in [1.807, 2.05) is 30.3 Å². The molecule has 2 unspecified atom stereocenters. The van der Waals surface area contributed by atoms with Gasteiger partial charge in [-0.1, -0.05) is 98.6 Å². The van der Waals surface area contributed by atoms with Gasteiger partial charge in [0.2, 0.25) is 47.3 Å². The summed E-state index contributed by atoms with van der Waals surface area (Å²) < 4.78 is 94.5. The number of rotatable bonds is 43. The van der Waals surface area contributed by atoms with Crippen LogP contribution in [0.15, 0.2) is 127 Å². The van der Waals surface area contributed by atoms with Crippen LogP contribution < -0.4 is 47.1 Å². The van der Waals surface area contributed by atoms with Gasteiger partial charge in [0.1, 0.15) is 55.5 Å². The van der Waals surface area contributed by atoms with Crippen molar-refractivity contribution in [3.05, 3.63) is 166 Å². The van der Waals surface area contributed by atoms with E-state index in [-0.39, 0.29) is 113 Å². The lowest BCUT2D eigenvalue weighted by atomic mass is 10.0. The zero-order valence-electron chi connectivity index (χ0n) is 70.4. The molecule has 1 aliphatic carbocycles. The number of H-pyrrole nitrogens is 1. The number of ether oxygens (including phenoxy) is 10. The monoisotopic (exact) mass is 1840 g/mol. The van der Waals surface area contributed by atoms with E-state index >= 15 is 0 Å². The van der Waals surface area contributed by atoms with Crippen molar-refractivity contribution in [3.8, 4) is 17.7 Å². The quantitative estimate of drug-likeness (QED) is 0.0102. The van der Waals surface area contributed by atoms with Gasteiger partial charge in [0.15, 0.2) is 17.4 Å². The number of benzene rings is 4. The summed E-state index contributed by atoms with van der Waals surface area (Å²) in [5.41, 5.74) is 2.71. The number of aromatic amines is 1. The van der Waals surface area contributed by atoms with Crippen LogP contribution in [0.3, 0.4) is 0 Å². The summed E-state index contributed by atoms with van der Waals surface area (Å²) in [6.45, 7) is -0.193. The number of anilines is 3. The molecule has 2 bridgehead atoms. The Morgan fingerprint density at radius 2 is 1.39 bits per heavy atom. The van der Waals surface area contributed by atoms with Crippen LogP contribution in [0.2, 0.25) is 0 Å². The highest BCUT2D eigenvalue weighted by molar-refractivity contribution is 8.44. The Labute approximate surface area is 741 Å². The summed E-state index contributed by atoms with van der Waals surface area (Å²) in [5.74, 6) is 0.334. The Bertz CT molecular complexity index is 5130. The lowest BCUT2D eigenvalue weighted by Gasteiger charge is -2.27. The van der Waals surface area contributed by atoms with Gasteiger partial charge in [-0.2, -0.15) is 4.98 Å². The van der Waals surface area contributed by atoms with Crippen molar-refractivity contribution in [1.82, 2.24) is 55.7 Å². The van der Waals surface area contributed by atoms with Gasteiger partial charge < -0.3 is 107 Å². The number of thiol groups is 1. The number of para-hydroxylation sites is 1. The normalized spacial score (nSPS) is 20.9. The van der Waals surface area contributed by atoms with E-state index in [4.69, 9.17) is 77.3 Å². The standard InChI is InChI=1S/C83H104N14O26P2S2/c1-52(2)71(91-68(99)44-63(78(104)85-28-29-111-32-33-113-36-37-115-40-41-116-39-38-114-35-34-112-31-30-110-5)90-67(98)24-25-70(100)96-46-57-14-7-6-12-55(57)20-21-56-13-9-11-17-64(56)96)79(105)88-53(3)76(102)89-60-22-18-54(19-23-60)47-117-83(107)95(4)45-58-15-8-10-16-62(58)77(103)93-82-92-75-72(80(106)94-82)87-51-97(75)81-74-73(101)66(121-81)49-119-124(108,126)122-65-43-61(120-69-26-27-84-50-86-69)42-59(65)48-118-125(109,127)123-74/h6-19,22-23,26-27,50-53,59,61,63,65-66,71,73-74,81,101H,24-25,28-49H2,1-5H3,(H,85,104)(H,88,105)(H,89,102)(H,90,98)(H,91,99)(H,108,126)(H,109,127)(H2,92,93,94,103,106)/t53-,59+,61+,63-,65-,66-,71-,73+,74+,81+,124?,125?/m0/s1. The van der Waals surface area contributed by atoms with Gasteiger partial charge in [0, 0.05) is 87.1 Å². The van der Waals surface area contributed by atoms with Gasteiger partial charge >= 0.3 is 19.6 Å². The first-order valence-corrected chi connectivity index (χ1v) is 46.3. The van der Waals surface area contributed by atoms with Gasteiger partial charge in [-0.3, -0.25) is 57.7 Å². The molecule has 0 radical (unpaired) electrons. The van der Waals surface area contributed by atoms with Crippen molar-refractivity contribution >= 4 is 114 Å². The number of carbonyl (C=O) groups excluding carboxylic acids is 8. The summed E-state index contributed by atoms with van der Waals surface area (Å²) >= 11 is 9.65. The maximum absolute atomic E-state index is 14.2. The van der Waals surface area contributed by atoms with E-state index in [9.17, 15) is 57.7 Å². The molecule has 3 fully saturated rings. The van der Waals surface area contributed by atoms with E-state index in [0.717, 1.165) is 17.5 Å². The highest BCUT2D eigenvalue weighted by atomic mass is 32.7. The summed E-state index contributed by atoms with van der Waals surface area (Å²) in [6.07, 6.45) is -4.95. The molecule has 4 aromatic carbocycles. The number of methoxy groups -OCH3 is 1. The molecule has 127 heavy (non-hydrogen) atoms. The molecule has 44 heteroatoms. The van der Waals surface area contributed by atoms with Crippen LogP contribution in [0.25, 0.3) is 11.2 Å². The molecule has 2 saturated heterocycles. The van der Waals surface area contributed by atoms with Gasteiger partial charge in [-0.05, 0) is 84.2 Å². The predicted octanol–water partition coefficient (Wildman–Crippen LogP) is 5.17. The van der Waals surface area contributed by atoms with E-state index in [2.05, 4.69) is 80.9 Å². The molecule has 3 aliphatic heterocycles. The number of amides is 8. The van der Waals surface area contributed by atoms with Crippen LogP contribution in [0, 0.1) is 23.7 Å². The number of aromatic nitrogens is 6. The third-order valence-electron chi connectivity index (χ3n) is 20.3. The van der Waals surface area contributed by atoms with Crippen molar-refractivity contribution in [3.63, 3.8) is 0 Å². The second-order valence-electron chi connectivity index (χ2n) is 30.0. The van der Waals surface area contributed by atoms with Crippen molar-refractivity contribution in [2.24, 2.45) is 11.8 Å². The van der Waals surface area contributed by atoms with Crippen LogP contribution >= 0.6 is 25.8 Å². The van der Waals surface area contributed by atoms with Crippen molar-refractivity contribution in [1.29, 1.82) is 0 Å². The van der Waals surface area contributed by atoms with Crippen molar-refractivity contribution in [2.45, 2.75) is 127 Å². The molecule has 11 rings (SSSR count). The highest BCUT2D eigenvalue weighted by Crippen LogP contribution is 2.59. The summed E-state index contributed by atoms with van der Waals surface area (Å²) in [5, 5.41) is 27.6. The fourth-order valence-electron chi connectivity index (χ4n) is 13.7. The first-order valence-electron chi connectivity index (χ1n) is 41.0. The average molecular weight is 1840 g/mol. The minimum absolute atomic E-state index is 0.0287. The first-order chi connectivity index (χ1) is 61.2. The highest BCUT2D eigenvalue weighted by Gasteiger charge is 2.51. The molecule has 4 aliphatic rings. The smallest absolute Gasteiger partial charge is 0.410 e. The summed E-state index contributed by atoms with van der Waals surface area (Å²) in [4.78, 5) is 158. The number of imidazole rings is 1. The molecular formula is C83H104N14O26P2S2. The van der Waals surface area contributed by atoms with E-state index in [0.29, 0.717) is 94.1 Å². The zero-order chi connectivity index (χ0) is 90.4. The number of hydrogen-bond donors (Lipinski definition) is 10. The predicted molar refractivity (Wildman–Crippen MR) is 463 cm³/mol. The van der Waals surface area contributed by atoms with Crippen LogP contribution in [0.1, 0.15) is 97.3 Å². The third kappa shape index (κ3) is 29.5. The van der Waals surface area contributed by atoms with Gasteiger partial charge in [0.25, 0.3) is 11.5 Å². The second kappa shape index (κ2) is 48.3. The average Bonchev–Trinajstić information content (AvgIpc) is 1.61. The molecule has 3 aromatic heterocycles. The van der Waals surface area contributed by atoms with Crippen LogP contribution in [-0.4, -0.2) is 260 Å². The molecule has 684 valence electrons. The largest absolute Gasteiger partial charge is 0.474 e. The van der Waals surface area contributed by atoms with Gasteiger partial charge in [0.05, 0.1) is 130 Å². The number of nitrogens with zero attached hydrogens (tertiary/aromatic N) is 7. The molecule has 1 saturated carbocycles. The molecule has 0 spiro atoms. The molecule has 7 aromatic rings. The van der Waals surface area contributed by atoms with Crippen LogP contribution in [0.4, 0.5) is 22.1 Å². The fraction of sp³-hybridized carbons (Fsp3) is 0.482. The molecule has 9 N–H and O–H groups in total. The Morgan fingerprint density at radius 1 is 0.724 bits per heavy atom. The number of aliphatic hydroxyl groups excluding tert-OH is 1. The van der Waals surface area contributed by atoms with Gasteiger partial charge in [-0.15, -0.1) is 0 Å². The Kier molecular flexibility index (Phi) is 37.1. The van der Waals surface area contributed by atoms with Gasteiger partial charge in [-0.25, -0.2) is 24.3 Å². The van der Waals surface area contributed by atoms with Crippen LogP contribution in [0.5, 0.6) is 5.88 Å². The minimum Gasteiger partial charge on any atom is -0.474 e. The minimum atomic E-state index is -4.40. The summed E-state index contributed by atoms with van der Waals surface area (Å²) in [6, 6.07) is 24.9. The SMILES string of the molecule is COCCOCCOCCOCCOCCOCCOCCNC(=O)[C@H](CC(=O)N[C@H](C(=O)N[C@@H](C)C(=O)Nc1ccc(COC(=O)N(C)Cc2ccccc2C(=O)Nc2nc3c(ncn3[C@@H]3O[C@H]4COP(O)(=S)O[C@H]5C[C@H](Oc6ccncn6)C[C@@H]5COP(=O)(S)O[C@@H]3[C@@H]4O)c(=O)[nH]2)cc1)C(C)C)NC(=O)CCC(=O)N1Cc2ccccc2C#Cc2ccccc21. The molecule has 6 heterocycles. The van der Waals surface area contributed by atoms with Crippen molar-refractivity contribution < 1.29 is 118 Å². The molecule has 40 nitrogen and oxygen atoms in total. The van der Waals surface area contributed by atoms with E-state index in [1.165, 1.54) is 42.0 Å². The number of hydrogen-bond acceptors (Lipinski definition) is 30. The lowest BCUT2D eigenvalue weighted by molar-refractivity contribution is -0.134. The van der Waals surface area contributed by atoms with E-state index < -0.39 is 140 Å². The Morgan fingerprint density at radius 3 is 2.08 bits per heavy atom.